The van der Waals surface area contributed by atoms with Crippen LogP contribution in [0.2, 0.25) is 0 Å². The maximum absolute atomic E-state index is 11.4. The fraction of sp³-hybridized carbons (Fsp3) is 0.333. The van der Waals surface area contributed by atoms with E-state index in [1.807, 2.05) is 0 Å². The first kappa shape index (κ1) is 13.5. The summed E-state index contributed by atoms with van der Waals surface area (Å²) < 4.78 is 0. The van der Waals surface area contributed by atoms with Gasteiger partial charge in [-0.15, -0.1) is 0 Å². The summed E-state index contributed by atoms with van der Waals surface area (Å²) >= 11 is 0. The Morgan fingerprint density at radius 3 is 2.77 bits per heavy atom. The molecular formula is C21H20O. The molecule has 2 aliphatic rings. The Morgan fingerprint density at radius 1 is 1.05 bits per heavy atom. The van der Waals surface area contributed by atoms with Crippen molar-refractivity contribution < 1.29 is 4.79 Å². The monoisotopic (exact) mass is 288 g/mol. The molecule has 22 heavy (non-hydrogen) atoms. The van der Waals surface area contributed by atoms with Crippen LogP contribution >= 0.6 is 0 Å². The lowest BCUT2D eigenvalue weighted by Crippen LogP contribution is -2.12. The summed E-state index contributed by atoms with van der Waals surface area (Å²) in [4.78, 5) is 11.4. The quantitative estimate of drug-likeness (QED) is 0.577. The lowest BCUT2D eigenvalue weighted by Gasteiger charge is -2.27. The summed E-state index contributed by atoms with van der Waals surface area (Å²) in [5, 5.41) is 0. The zero-order valence-electron chi connectivity index (χ0n) is 13.0. The molecule has 1 nitrogen and oxygen atoms in total. The number of allylic oxidation sites excluding steroid dienone is 1. The average Bonchev–Trinajstić information content (AvgIpc) is 2.93. The van der Waals surface area contributed by atoms with Crippen LogP contribution in [0.5, 0.6) is 0 Å². The van der Waals surface area contributed by atoms with Gasteiger partial charge < -0.3 is 0 Å². The van der Waals surface area contributed by atoms with Crippen molar-refractivity contribution in [1.29, 1.82) is 0 Å². The van der Waals surface area contributed by atoms with Gasteiger partial charge in [-0.25, -0.2) is 4.79 Å². The molecule has 0 bridgehead atoms. The molecule has 4 rings (SSSR count). The highest BCUT2D eigenvalue weighted by Crippen LogP contribution is 2.45. The first-order chi connectivity index (χ1) is 10.8. The molecule has 0 heterocycles. The molecule has 0 amide bonds. The standard InChI is InChI=1S/C21H20O/c1-14-10-11-19-17-8-4-2-6-15(17)12-20(19)21(14)18-9-5-3-7-16(18)13-22/h2,4,6,8,10-11,18H,3,5,7,9,12H2,1H3. The molecule has 0 N–H and O–H groups in total. The third-order valence-corrected chi connectivity index (χ3v) is 5.34. The first-order valence-corrected chi connectivity index (χ1v) is 8.24. The number of benzene rings is 2. The molecule has 0 saturated heterocycles. The second-order valence-electron chi connectivity index (χ2n) is 6.58. The number of carbonyl (C=O) groups excluding carboxylic acids is 1. The number of aryl methyl sites for hydroxylation is 1. The highest BCUT2D eigenvalue weighted by molar-refractivity contribution is 5.79. The summed E-state index contributed by atoms with van der Waals surface area (Å²) in [6.07, 6.45) is 5.37. The van der Waals surface area contributed by atoms with Crippen molar-refractivity contribution in [2.24, 2.45) is 0 Å². The minimum Gasteiger partial charge on any atom is -0.234 e. The van der Waals surface area contributed by atoms with Gasteiger partial charge in [-0.2, -0.15) is 0 Å². The van der Waals surface area contributed by atoms with Crippen LogP contribution in [0.15, 0.2) is 42.0 Å². The Bertz CT molecular complexity index is 794. The van der Waals surface area contributed by atoms with Gasteiger partial charge in [0.15, 0.2) is 0 Å². The lowest BCUT2D eigenvalue weighted by atomic mass is 9.76. The van der Waals surface area contributed by atoms with E-state index in [4.69, 9.17) is 0 Å². The van der Waals surface area contributed by atoms with Gasteiger partial charge in [0, 0.05) is 11.5 Å². The molecule has 1 fully saturated rings. The van der Waals surface area contributed by atoms with Gasteiger partial charge in [0.25, 0.3) is 0 Å². The second-order valence-corrected chi connectivity index (χ2v) is 6.58. The predicted octanol–water partition coefficient (Wildman–Crippen LogP) is 4.98. The fourth-order valence-electron chi connectivity index (χ4n) is 4.29. The number of rotatable bonds is 1. The van der Waals surface area contributed by atoms with Crippen LogP contribution in [-0.2, 0) is 11.2 Å². The van der Waals surface area contributed by atoms with E-state index in [0.29, 0.717) is 0 Å². The molecule has 1 saturated carbocycles. The van der Waals surface area contributed by atoms with E-state index in [2.05, 4.69) is 49.3 Å². The van der Waals surface area contributed by atoms with Crippen LogP contribution in [0.1, 0.15) is 53.9 Å². The van der Waals surface area contributed by atoms with E-state index in [9.17, 15) is 4.79 Å². The van der Waals surface area contributed by atoms with Crippen molar-refractivity contribution in [3.63, 3.8) is 0 Å². The van der Waals surface area contributed by atoms with Crippen molar-refractivity contribution >= 4 is 5.94 Å². The van der Waals surface area contributed by atoms with E-state index in [1.54, 1.807) is 0 Å². The highest BCUT2D eigenvalue weighted by Gasteiger charge is 2.29. The number of hydrogen-bond acceptors (Lipinski definition) is 1. The van der Waals surface area contributed by atoms with Crippen molar-refractivity contribution in [1.82, 2.24) is 0 Å². The van der Waals surface area contributed by atoms with Crippen LogP contribution in [0.4, 0.5) is 0 Å². The van der Waals surface area contributed by atoms with Crippen molar-refractivity contribution in [3.05, 3.63) is 64.2 Å². The van der Waals surface area contributed by atoms with Gasteiger partial charge in [0.1, 0.15) is 5.94 Å². The minimum atomic E-state index is 0.288. The molecule has 2 aliphatic carbocycles. The third-order valence-electron chi connectivity index (χ3n) is 5.34. The molecule has 1 atom stereocenters. The maximum atomic E-state index is 11.4. The largest absolute Gasteiger partial charge is 0.234 e. The fourth-order valence-corrected chi connectivity index (χ4v) is 4.29. The van der Waals surface area contributed by atoms with Crippen molar-refractivity contribution in [3.8, 4) is 11.1 Å². The molecule has 1 heteroatoms. The molecule has 1 unspecified atom stereocenters. The third kappa shape index (κ3) is 1.97. The van der Waals surface area contributed by atoms with E-state index in [1.165, 1.54) is 39.8 Å². The molecule has 2 aromatic carbocycles. The van der Waals surface area contributed by atoms with E-state index >= 15 is 0 Å². The zero-order chi connectivity index (χ0) is 15.1. The van der Waals surface area contributed by atoms with E-state index in [-0.39, 0.29) is 5.92 Å². The van der Waals surface area contributed by atoms with E-state index in [0.717, 1.165) is 31.3 Å². The van der Waals surface area contributed by atoms with Crippen molar-refractivity contribution in [2.75, 3.05) is 0 Å². The Balaban J connectivity index is 1.90. The molecule has 0 aromatic heterocycles. The Kier molecular flexibility index (Phi) is 3.24. The number of hydrogen-bond donors (Lipinski definition) is 0. The Morgan fingerprint density at radius 2 is 1.91 bits per heavy atom. The smallest absolute Gasteiger partial charge is 0.124 e. The average molecular weight is 288 g/mol. The van der Waals surface area contributed by atoms with Crippen LogP contribution < -0.4 is 0 Å². The first-order valence-electron chi connectivity index (χ1n) is 8.24. The summed E-state index contributed by atoms with van der Waals surface area (Å²) in [5.74, 6) is 2.55. The summed E-state index contributed by atoms with van der Waals surface area (Å²) in [5.41, 5.74) is 9.31. The Hall–Kier alpha value is -2.11. The summed E-state index contributed by atoms with van der Waals surface area (Å²) in [6.45, 7) is 2.19. The predicted molar refractivity (Wildman–Crippen MR) is 89.8 cm³/mol. The van der Waals surface area contributed by atoms with Gasteiger partial charge >= 0.3 is 0 Å². The van der Waals surface area contributed by atoms with Gasteiger partial charge in [-0.3, -0.25) is 0 Å². The SMILES string of the molecule is Cc1ccc2c(c1C1CCCCC1=C=O)Cc1ccccc1-2. The zero-order valence-corrected chi connectivity index (χ0v) is 13.0. The maximum Gasteiger partial charge on any atom is 0.124 e. The molecule has 0 aliphatic heterocycles. The van der Waals surface area contributed by atoms with Crippen LogP contribution in [0.25, 0.3) is 11.1 Å². The van der Waals surface area contributed by atoms with Gasteiger partial charge in [0.2, 0.25) is 0 Å². The van der Waals surface area contributed by atoms with Crippen LogP contribution in [-0.4, -0.2) is 5.94 Å². The van der Waals surface area contributed by atoms with Gasteiger partial charge in [-0.1, -0.05) is 42.8 Å². The summed E-state index contributed by atoms with van der Waals surface area (Å²) in [7, 11) is 0. The second kappa shape index (κ2) is 5.26. The molecule has 0 radical (unpaired) electrons. The van der Waals surface area contributed by atoms with Crippen LogP contribution in [0, 0.1) is 6.92 Å². The Labute approximate surface area is 131 Å². The normalized spacial score (nSPS) is 19.5. The number of fused-ring (bicyclic) bond motifs is 3. The van der Waals surface area contributed by atoms with E-state index < -0.39 is 0 Å². The molecular weight excluding hydrogens is 268 g/mol. The van der Waals surface area contributed by atoms with Gasteiger partial charge in [-0.05, 0) is 66.0 Å². The molecule has 110 valence electrons. The minimum absolute atomic E-state index is 0.288. The molecule has 0 spiro atoms. The highest BCUT2D eigenvalue weighted by atomic mass is 16.1. The lowest BCUT2D eigenvalue weighted by molar-refractivity contribution is 0.523. The summed E-state index contributed by atoms with van der Waals surface area (Å²) in [6, 6.07) is 13.2. The van der Waals surface area contributed by atoms with Gasteiger partial charge in [0.05, 0.1) is 0 Å². The topological polar surface area (TPSA) is 17.1 Å². The van der Waals surface area contributed by atoms with Crippen molar-refractivity contribution in [2.45, 2.75) is 44.9 Å². The molecule has 2 aromatic rings. The van der Waals surface area contributed by atoms with Crippen LogP contribution in [0.3, 0.4) is 0 Å².